The van der Waals surface area contributed by atoms with Gasteiger partial charge >= 0.3 is 0 Å². The molecule has 2 unspecified atom stereocenters. The third-order valence-electron chi connectivity index (χ3n) is 14.7. The van der Waals surface area contributed by atoms with Gasteiger partial charge in [-0.05, 0) is 90.3 Å². The Morgan fingerprint density at radius 1 is 0.510 bits per heavy atom. The molecule has 294 valence electrons. The van der Waals surface area contributed by atoms with Gasteiger partial charge in [0.1, 0.15) is 0 Å². The molecule has 0 heterocycles. The van der Waals surface area contributed by atoms with Gasteiger partial charge in [-0.25, -0.2) is 0 Å². The summed E-state index contributed by atoms with van der Waals surface area (Å²) in [6.45, 7) is 28.0. The smallest absolute Gasteiger partial charge is 0.0328 e. The normalized spacial score (nSPS) is 29.6. The van der Waals surface area contributed by atoms with Crippen LogP contribution in [0, 0.1) is 58.2 Å². The van der Waals surface area contributed by atoms with Crippen LogP contribution in [0.4, 0.5) is 0 Å². The molecule has 0 radical (unpaired) electrons. The first-order valence-electron chi connectivity index (χ1n) is 23.2. The molecule has 0 aromatic rings. The van der Waals surface area contributed by atoms with Crippen LogP contribution in [0.5, 0.6) is 0 Å². The predicted molar refractivity (Wildman–Crippen MR) is 226 cm³/mol. The van der Waals surface area contributed by atoms with Crippen LogP contribution < -0.4 is 0 Å². The van der Waals surface area contributed by atoms with E-state index in [-0.39, 0.29) is 0 Å². The summed E-state index contributed by atoms with van der Waals surface area (Å²) < 4.78 is 0. The fourth-order valence-electron chi connectivity index (χ4n) is 9.00. The average molecular weight is 687 g/mol. The molecule has 4 atom stereocenters. The molecule has 0 heteroatoms. The zero-order valence-electron chi connectivity index (χ0n) is 36.7. The van der Waals surface area contributed by atoms with Crippen LogP contribution in [0.15, 0.2) is 0 Å². The van der Waals surface area contributed by atoms with Crippen LogP contribution in [-0.2, 0) is 0 Å². The van der Waals surface area contributed by atoms with Crippen molar-refractivity contribution in [2.24, 2.45) is 58.2 Å². The van der Waals surface area contributed by atoms with Gasteiger partial charge in [0.2, 0.25) is 0 Å². The molecule has 7 rings (SSSR count). The van der Waals surface area contributed by atoms with E-state index in [1.807, 2.05) is 0 Å². The lowest BCUT2D eigenvalue weighted by Crippen LogP contribution is -2.23. The van der Waals surface area contributed by atoms with Crippen molar-refractivity contribution in [2.45, 2.75) is 256 Å². The van der Waals surface area contributed by atoms with Crippen LogP contribution in [0.3, 0.4) is 0 Å². The zero-order chi connectivity index (χ0) is 36.7. The second-order valence-electron chi connectivity index (χ2n) is 20.4. The second kappa shape index (κ2) is 26.7. The van der Waals surface area contributed by atoms with Crippen molar-refractivity contribution in [3.63, 3.8) is 0 Å². The Balaban J connectivity index is 0.000000286. The molecular formula is C49H98. The zero-order valence-corrected chi connectivity index (χ0v) is 36.7. The van der Waals surface area contributed by atoms with E-state index in [1.54, 1.807) is 0 Å². The Labute approximate surface area is 313 Å². The Morgan fingerprint density at radius 3 is 1.10 bits per heavy atom. The lowest BCUT2D eigenvalue weighted by Gasteiger charge is -2.37. The number of hydrogen-bond donors (Lipinski definition) is 0. The average Bonchev–Trinajstić information content (AvgIpc) is 3.82. The van der Waals surface area contributed by atoms with Gasteiger partial charge in [-0.1, -0.05) is 224 Å². The molecule has 7 saturated carbocycles. The lowest BCUT2D eigenvalue weighted by molar-refractivity contribution is 0.155. The summed E-state index contributed by atoms with van der Waals surface area (Å²) in [5.41, 5.74) is 1.46. The fourth-order valence-corrected chi connectivity index (χ4v) is 9.00. The minimum atomic E-state index is 0.694. The van der Waals surface area contributed by atoms with Crippen LogP contribution >= 0.6 is 0 Å². The summed E-state index contributed by atoms with van der Waals surface area (Å²) in [5.74, 6) is 8.34. The van der Waals surface area contributed by atoms with E-state index in [0.29, 0.717) is 5.41 Å². The molecule has 0 aromatic heterocycles. The lowest BCUT2D eigenvalue weighted by atomic mass is 9.69. The molecule has 7 aliphatic rings. The third-order valence-corrected chi connectivity index (χ3v) is 14.7. The summed E-state index contributed by atoms with van der Waals surface area (Å²) in [6, 6.07) is 0. The van der Waals surface area contributed by atoms with Crippen molar-refractivity contribution in [1.29, 1.82) is 0 Å². The summed E-state index contributed by atoms with van der Waals surface area (Å²) in [7, 11) is 0. The first-order valence-corrected chi connectivity index (χ1v) is 23.2. The van der Waals surface area contributed by atoms with Crippen LogP contribution in [0.25, 0.3) is 0 Å². The summed E-state index contributed by atoms with van der Waals surface area (Å²) in [4.78, 5) is 0. The van der Waals surface area contributed by atoms with Crippen molar-refractivity contribution in [3.05, 3.63) is 0 Å². The molecule has 7 fully saturated rings. The van der Waals surface area contributed by atoms with E-state index in [0.717, 1.165) is 52.8 Å². The minimum Gasteiger partial charge on any atom is -0.0654 e. The van der Waals surface area contributed by atoms with Crippen molar-refractivity contribution in [3.8, 4) is 0 Å². The molecule has 7 aliphatic carbocycles. The summed E-state index contributed by atoms with van der Waals surface area (Å²) >= 11 is 0. The van der Waals surface area contributed by atoms with Gasteiger partial charge in [-0.3, -0.25) is 0 Å². The Hall–Kier alpha value is 0. The Kier molecular flexibility index (Phi) is 25.6. The highest BCUT2D eigenvalue weighted by Crippen LogP contribution is 2.42. The first kappa shape index (κ1) is 47.0. The van der Waals surface area contributed by atoms with E-state index >= 15 is 0 Å². The maximum Gasteiger partial charge on any atom is -0.0328 e. The van der Waals surface area contributed by atoms with Gasteiger partial charge in [0, 0.05) is 0 Å². The van der Waals surface area contributed by atoms with Gasteiger partial charge < -0.3 is 0 Å². The highest BCUT2D eigenvalue weighted by atomic mass is 14.3. The SMILES string of the molecule is CC(C)C1CCC1.CC1(C)CCCC1.CC1CCC[C@H]1C.CC1CC[C@@H](C)C1.CCC1(C)CCC1.CCC1CCCC1.CCCC1CCC1. The molecule has 0 saturated heterocycles. The molecule has 0 bridgehead atoms. The molecule has 0 aliphatic heterocycles. The van der Waals surface area contributed by atoms with Gasteiger partial charge in [0.15, 0.2) is 0 Å². The maximum atomic E-state index is 2.39. The molecule has 49 heavy (non-hydrogen) atoms. The monoisotopic (exact) mass is 687 g/mol. The van der Waals surface area contributed by atoms with Crippen LogP contribution in [-0.4, -0.2) is 0 Å². The number of rotatable bonds is 5. The highest BCUT2D eigenvalue weighted by Gasteiger charge is 2.29. The van der Waals surface area contributed by atoms with E-state index < -0.39 is 0 Å². The van der Waals surface area contributed by atoms with Crippen LogP contribution in [0.2, 0.25) is 0 Å². The van der Waals surface area contributed by atoms with Crippen LogP contribution in [0.1, 0.15) is 256 Å². The van der Waals surface area contributed by atoms with E-state index in [4.69, 9.17) is 0 Å². The van der Waals surface area contributed by atoms with E-state index in [9.17, 15) is 0 Å². The minimum absolute atomic E-state index is 0.694. The largest absolute Gasteiger partial charge is 0.0654 e. The summed E-state index contributed by atoms with van der Waals surface area (Å²) in [6.07, 6.45) is 39.8. The van der Waals surface area contributed by atoms with E-state index in [1.165, 1.54) is 173 Å². The maximum absolute atomic E-state index is 2.39. The van der Waals surface area contributed by atoms with Gasteiger partial charge in [0.05, 0.1) is 0 Å². The number of hydrogen-bond acceptors (Lipinski definition) is 0. The molecule has 0 N–H and O–H groups in total. The fraction of sp³-hybridized carbons (Fsp3) is 1.00. The van der Waals surface area contributed by atoms with Gasteiger partial charge in [0.25, 0.3) is 0 Å². The van der Waals surface area contributed by atoms with Crippen molar-refractivity contribution >= 4 is 0 Å². The standard InChI is InChI=1S/7C7H14/c1-6-3-4-7(2)5-6;1-7(2)5-3-4-6-7;1-6-4-3-5-7(6)2;1-6(2)7-4-3-5-7;1-3-7(2)5-4-6-7;1-2-7-5-3-4-6-7;1-2-4-7-5-3-6-7/h6-7H,3-5H2,1-2H3;3-6H2,1-2H3;2*6-7H,3-5H2,1-2H3;3-6H2,1-2H3;2*7H,2-6H2,1H3/t6-,7?;;6-,7?;;;;/m1.1..../s1. The second-order valence-corrected chi connectivity index (χ2v) is 20.4. The van der Waals surface area contributed by atoms with Crippen molar-refractivity contribution in [1.82, 2.24) is 0 Å². The topological polar surface area (TPSA) is 0 Å². The van der Waals surface area contributed by atoms with Gasteiger partial charge in [-0.2, -0.15) is 0 Å². The van der Waals surface area contributed by atoms with E-state index in [2.05, 4.69) is 83.1 Å². The molecule has 0 aromatic carbocycles. The predicted octanol–water partition coefficient (Wildman–Crippen LogP) is 17.7. The quantitative estimate of drug-likeness (QED) is 0.270. The first-order chi connectivity index (χ1) is 23.2. The van der Waals surface area contributed by atoms with Crippen molar-refractivity contribution < 1.29 is 0 Å². The van der Waals surface area contributed by atoms with Gasteiger partial charge in [-0.15, -0.1) is 0 Å². The Morgan fingerprint density at radius 2 is 0.980 bits per heavy atom. The molecular weight excluding hydrogens is 589 g/mol. The highest BCUT2D eigenvalue weighted by molar-refractivity contribution is 4.81. The molecule has 0 nitrogen and oxygen atoms in total. The van der Waals surface area contributed by atoms with Crippen molar-refractivity contribution in [2.75, 3.05) is 0 Å². The molecule has 0 spiro atoms. The summed E-state index contributed by atoms with van der Waals surface area (Å²) in [5, 5.41) is 0. The third kappa shape index (κ3) is 22.6. The molecule has 0 amide bonds. The Bertz CT molecular complexity index is 698.